The number of carbonyl (C=O) groups excluding carboxylic acids is 2. The highest BCUT2D eigenvalue weighted by Crippen LogP contribution is 2.24. The van der Waals surface area contributed by atoms with Crippen molar-refractivity contribution in [3.63, 3.8) is 0 Å². The van der Waals surface area contributed by atoms with Crippen LogP contribution in [-0.2, 0) is 16.1 Å². The summed E-state index contributed by atoms with van der Waals surface area (Å²) in [5, 5.41) is 15.3. The Kier molecular flexibility index (Phi) is 9.73. The van der Waals surface area contributed by atoms with E-state index >= 15 is 0 Å². The fraction of sp³-hybridized carbons (Fsp3) is 0.519. The molecule has 0 aliphatic heterocycles. The molecular formula is C27H38FN7O3. The molecule has 206 valence electrons. The van der Waals surface area contributed by atoms with E-state index in [1.165, 1.54) is 34.0 Å². The van der Waals surface area contributed by atoms with Gasteiger partial charge in [0.15, 0.2) is 5.76 Å². The summed E-state index contributed by atoms with van der Waals surface area (Å²) in [6.07, 6.45) is 0.648. The van der Waals surface area contributed by atoms with E-state index in [9.17, 15) is 14.0 Å². The zero-order valence-electron chi connectivity index (χ0n) is 23.1. The van der Waals surface area contributed by atoms with E-state index in [2.05, 4.69) is 39.5 Å². The lowest BCUT2D eigenvalue weighted by Crippen LogP contribution is -2.50. The van der Waals surface area contributed by atoms with Crippen molar-refractivity contribution in [3.8, 4) is 11.6 Å². The summed E-state index contributed by atoms with van der Waals surface area (Å²) in [6.45, 7) is 14.2. The van der Waals surface area contributed by atoms with Crippen molar-refractivity contribution in [3.05, 3.63) is 53.5 Å². The molecule has 0 bridgehead atoms. The van der Waals surface area contributed by atoms with Crippen molar-refractivity contribution < 1.29 is 18.4 Å². The number of benzene rings is 1. The number of aryl methyl sites for hydroxylation is 1. The van der Waals surface area contributed by atoms with Crippen LogP contribution < -0.4 is 5.32 Å². The van der Waals surface area contributed by atoms with Gasteiger partial charge in [0.05, 0.1) is 0 Å². The lowest BCUT2D eigenvalue weighted by atomic mass is 10.0. The summed E-state index contributed by atoms with van der Waals surface area (Å²) < 4.78 is 19.3. The second-order valence-corrected chi connectivity index (χ2v) is 10.2. The molecule has 2 heterocycles. The summed E-state index contributed by atoms with van der Waals surface area (Å²) in [6, 6.07) is 8.23. The molecule has 3 rings (SSSR count). The van der Waals surface area contributed by atoms with Crippen molar-refractivity contribution in [2.45, 2.75) is 66.1 Å². The molecular weight excluding hydrogens is 489 g/mol. The topological polar surface area (TPSA) is 109 Å². The molecule has 2 amide bonds. The molecule has 1 atom stereocenters. The molecule has 1 aromatic carbocycles. The van der Waals surface area contributed by atoms with Crippen LogP contribution in [-0.4, -0.2) is 73.5 Å². The molecule has 0 saturated carbocycles. The van der Waals surface area contributed by atoms with Crippen molar-refractivity contribution in [2.75, 3.05) is 26.2 Å². The molecule has 0 saturated heterocycles. The maximum absolute atomic E-state index is 13.8. The van der Waals surface area contributed by atoms with Crippen molar-refractivity contribution >= 4 is 11.8 Å². The zero-order chi connectivity index (χ0) is 27.9. The summed E-state index contributed by atoms with van der Waals surface area (Å²) in [4.78, 5) is 32.3. The van der Waals surface area contributed by atoms with Gasteiger partial charge in [0, 0.05) is 12.1 Å². The molecule has 0 unspecified atom stereocenters. The highest BCUT2D eigenvalue weighted by Gasteiger charge is 2.33. The third-order valence-electron chi connectivity index (χ3n) is 6.02. The quantitative estimate of drug-likeness (QED) is 0.383. The van der Waals surface area contributed by atoms with E-state index in [0.717, 1.165) is 19.6 Å². The number of nitrogens with one attached hydrogen (secondary N) is 1. The van der Waals surface area contributed by atoms with Crippen LogP contribution in [0.5, 0.6) is 0 Å². The normalized spacial score (nSPS) is 12.5. The lowest BCUT2D eigenvalue weighted by molar-refractivity contribution is -0.142. The van der Waals surface area contributed by atoms with Crippen LogP contribution in [0.1, 0.15) is 58.4 Å². The minimum absolute atomic E-state index is 0.224. The third-order valence-corrected chi connectivity index (χ3v) is 6.02. The minimum atomic E-state index is -0.963. The number of aromatic nitrogens is 4. The van der Waals surface area contributed by atoms with Gasteiger partial charge in [0.25, 0.3) is 0 Å². The number of hydrogen-bond donors (Lipinski definition) is 1. The molecule has 11 heteroatoms. The Hall–Kier alpha value is -3.60. The summed E-state index contributed by atoms with van der Waals surface area (Å²) in [5.74, 6) is 0.293. The van der Waals surface area contributed by atoms with Crippen LogP contribution in [0.3, 0.4) is 0 Å². The van der Waals surface area contributed by atoms with Crippen molar-refractivity contribution in [1.29, 1.82) is 0 Å². The molecule has 0 aliphatic rings. The van der Waals surface area contributed by atoms with Crippen LogP contribution in [0.2, 0.25) is 0 Å². The van der Waals surface area contributed by atoms with Crippen LogP contribution >= 0.6 is 0 Å². The number of carbonyl (C=O) groups is 2. The Morgan fingerprint density at radius 1 is 1.08 bits per heavy atom. The molecule has 0 fully saturated rings. The Bertz CT molecular complexity index is 1200. The first-order valence-electron chi connectivity index (χ1n) is 12.9. The van der Waals surface area contributed by atoms with Crippen LogP contribution in [0.25, 0.3) is 11.6 Å². The summed E-state index contributed by atoms with van der Waals surface area (Å²) >= 11 is 0. The number of tetrazole rings is 1. The molecule has 0 radical (unpaired) electrons. The molecule has 0 spiro atoms. The maximum Gasteiger partial charge on any atom is 0.247 e. The van der Waals surface area contributed by atoms with Crippen LogP contribution in [0.4, 0.5) is 4.39 Å². The second kappa shape index (κ2) is 12.8. The first kappa shape index (κ1) is 29.0. The van der Waals surface area contributed by atoms with E-state index in [-0.39, 0.29) is 24.2 Å². The van der Waals surface area contributed by atoms with Gasteiger partial charge < -0.3 is 19.5 Å². The van der Waals surface area contributed by atoms with Crippen molar-refractivity contribution in [2.24, 2.45) is 0 Å². The fourth-order valence-electron chi connectivity index (χ4n) is 4.13. The summed E-state index contributed by atoms with van der Waals surface area (Å²) in [5.41, 5.74) is -0.0166. The SMILES string of the molecule is CCN(CC)CCCN(C(=O)Cn1nnc(-c2ccc(C)o2)n1)[C@H](C(=O)NC(C)(C)C)c1ccc(F)cc1. The Morgan fingerprint density at radius 2 is 1.76 bits per heavy atom. The van der Waals surface area contributed by atoms with Gasteiger partial charge >= 0.3 is 0 Å². The number of nitrogens with zero attached hydrogens (tertiary/aromatic N) is 6. The van der Waals surface area contributed by atoms with Crippen molar-refractivity contribution in [1.82, 2.24) is 35.3 Å². The molecule has 0 aliphatic carbocycles. The largest absolute Gasteiger partial charge is 0.458 e. The maximum atomic E-state index is 13.8. The lowest BCUT2D eigenvalue weighted by Gasteiger charge is -2.34. The van der Waals surface area contributed by atoms with E-state index in [1.54, 1.807) is 12.1 Å². The number of hydrogen-bond acceptors (Lipinski definition) is 7. The minimum Gasteiger partial charge on any atom is -0.458 e. The number of halogens is 1. The predicted octanol–water partition coefficient (Wildman–Crippen LogP) is 3.60. The Labute approximate surface area is 223 Å². The highest BCUT2D eigenvalue weighted by atomic mass is 19.1. The monoisotopic (exact) mass is 527 g/mol. The van der Waals surface area contributed by atoms with Gasteiger partial charge in [-0.05, 0) is 88.8 Å². The summed E-state index contributed by atoms with van der Waals surface area (Å²) in [7, 11) is 0. The Balaban J connectivity index is 1.91. The fourth-order valence-corrected chi connectivity index (χ4v) is 4.13. The first-order valence-corrected chi connectivity index (χ1v) is 12.9. The van der Waals surface area contributed by atoms with E-state index in [0.29, 0.717) is 30.0 Å². The predicted molar refractivity (Wildman–Crippen MR) is 141 cm³/mol. The van der Waals surface area contributed by atoms with E-state index < -0.39 is 17.4 Å². The van der Waals surface area contributed by atoms with Gasteiger partial charge in [-0.3, -0.25) is 9.59 Å². The Morgan fingerprint density at radius 3 is 2.34 bits per heavy atom. The number of amides is 2. The van der Waals surface area contributed by atoms with Gasteiger partial charge in [-0.2, -0.15) is 4.80 Å². The smallest absolute Gasteiger partial charge is 0.247 e. The molecule has 3 aromatic rings. The molecule has 10 nitrogen and oxygen atoms in total. The van der Waals surface area contributed by atoms with Gasteiger partial charge in [0.2, 0.25) is 17.6 Å². The first-order chi connectivity index (χ1) is 18.0. The highest BCUT2D eigenvalue weighted by molar-refractivity contribution is 5.89. The second-order valence-electron chi connectivity index (χ2n) is 10.2. The average Bonchev–Trinajstić information content (AvgIpc) is 3.49. The molecule has 38 heavy (non-hydrogen) atoms. The standard InChI is InChI=1S/C27H38FN7O3/c1-7-33(8-2)16-9-17-34(23(36)18-35-31-25(30-32-35)22-15-10-19(3)38-22)24(26(37)29-27(4,5)6)20-11-13-21(28)14-12-20/h10-15,24H,7-9,16-18H2,1-6H3,(H,29,37)/t24-/m0/s1. The number of furan rings is 1. The molecule has 1 N–H and O–H groups in total. The van der Waals surface area contributed by atoms with E-state index in [4.69, 9.17) is 4.42 Å². The average molecular weight is 528 g/mol. The third kappa shape index (κ3) is 7.95. The van der Waals surface area contributed by atoms with Gasteiger partial charge in [0.1, 0.15) is 24.2 Å². The molecule has 2 aromatic heterocycles. The van der Waals surface area contributed by atoms with Gasteiger partial charge in [-0.25, -0.2) is 4.39 Å². The zero-order valence-corrected chi connectivity index (χ0v) is 23.1. The van der Waals surface area contributed by atoms with E-state index in [1.807, 2.05) is 27.7 Å². The van der Waals surface area contributed by atoms with Gasteiger partial charge in [-0.15, -0.1) is 10.2 Å². The van der Waals surface area contributed by atoms with Gasteiger partial charge in [-0.1, -0.05) is 26.0 Å². The number of rotatable bonds is 12. The van der Waals surface area contributed by atoms with Crippen LogP contribution in [0, 0.1) is 12.7 Å². The van der Waals surface area contributed by atoms with Crippen LogP contribution in [0.15, 0.2) is 40.8 Å².